The van der Waals surface area contributed by atoms with E-state index in [9.17, 15) is 9.59 Å². The van der Waals surface area contributed by atoms with Crippen molar-refractivity contribution in [1.29, 1.82) is 0 Å². The van der Waals surface area contributed by atoms with Crippen LogP contribution >= 0.6 is 0 Å². The summed E-state index contributed by atoms with van der Waals surface area (Å²) in [5.74, 6) is 0.0671. The number of aromatic nitrogens is 2. The number of fused-ring (bicyclic) bond motifs is 1. The number of H-pyrrole nitrogens is 1. The lowest BCUT2D eigenvalue weighted by atomic mass is 9.92. The first-order valence-electron chi connectivity index (χ1n) is 9.48. The molecule has 0 saturated carbocycles. The van der Waals surface area contributed by atoms with Crippen LogP contribution in [-0.2, 0) is 9.59 Å². The van der Waals surface area contributed by atoms with E-state index in [0.29, 0.717) is 18.2 Å². The van der Waals surface area contributed by atoms with Crippen LogP contribution in [0.1, 0.15) is 58.8 Å². The predicted octanol–water partition coefficient (Wildman–Crippen LogP) is 3.32. The first-order chi connectivity index (χ1) is 12.8. The average Bonchev–Trinajstić information content (AvgIpc) is 3.03. The van der Waals surface area contributed by atoms with Gasteiger partial charge in [-0.15, -0.1) is 0 Å². The molecule has 1 aromatic carbocycles. The molecule has 1 aromatic heterocycles. The van der Waals surface area contributed by atoms with Crippen molar-refractivity contribution < 1.29 is 14.8 Å². The molecule has 7 heteroatoms. The summed E-state index contributed by atoms with van der Waals surface area (Å²) in [4.78, 5) is 32.4. The van der Waals surface area contributed by atoms with Gasteiger partial charge in [0.05, 0.1) is 17.1 Å². The van der Waals surface area contributed by atoms with Gasteiger partial charge >= 0.3 is 0 Å². The Kier molecular flexibility index (Phi) is 7.36. The monoisotopic (exact) mass is 374 g/mol. The zero-order valence-corrected chi connectivity index (χ0v) is 16.5. The van der Waals surface area contributed by atoms with Crippen molar-refractivity contribution in [1.82, 2.24) is 20.8 Å². The lowest BCUT2D eigenvalue weighted by Crippen LogP contribution is -2.38. The van der Waals surface area contributed by atoms with Gasteiger partial charge in [-0.25, -0.2) is 10.5 Å². The van der Waals surface area contributed by atoms with Crippen molar-refractivity contribution in [3.05, 3.63) is 30.1 Å². The normalized spacial score (nSPS) is 13.7. The van der Waals surface area contributed by atoms with Crippen LogP contribution in [0.25, 0.3) is 11.0 Å². The number of hydrogen-bond donors (Lipinski definition) is 4. The standard InChI is InChI=1S/C20H30N4O3/c1-12(2)9-14(11-18(25)24-27)20(26)23-17(10-13(3)4)19-21-15-7-5-6-8-16(15)22-19/h5-8,12-14,17,27H,9-11H2,1-4H3,(H,21,22)(H,23,26)(H,24,25)/t14-,17+/m1/s1. The summed E-state index contributed by atoms with van der Waals surface area (Å²) in [6.45, 7) is 8.18. The van der Waals surface area contributed by atoms with Gasteiger partial charge < -0.3 is 10.3 Å². The minimum Gasteiger partial charge on any atom is -0.346 e. The molecule has 0 aliphatic rings. The molecule has 2 rings (SSSR count). The van der Waals surface area contributed by atoms with Crippen LogP contribution < -0.4 is 10.8 Å². The highest BCUT2D eigenvalue weighted by Gasteiger charge is 2.27. The number of amides is 2. The molecule has 7 nitrogen and oxygen atoms in total. The van der Waals surface area contributed by atoms with E-state index in [1.165, 1.54) is 0 Å². The summed E-state index contributed by atoms with van der Waals surface area (Å²) in [6.07, 6.45) is 1.25. The summed E-state index contributed by atoms with van der Waals surface area (Å²) in [7, 11) is 0. The van der Waals surface area contributed by atoms with Gasteiger partial charge in [0.1, 0.15) is 5.82 Å². The number of carbonyl (C=O) groups excluding carboxylic acids is 2. The average molecular weight is 374 g/mol. The SMILES string of the molecule is CC(C)C[C@H](CC(=O)NO)C(=O)N[C@@H](CC(C)C)c1nc2ccccc2[nH]1. The number of aromatic amines is 1. The van der Waals surface area contributed by atoms with E-state index >= 15 is 0 Å². The van der Waals surface area contributed by atoms with E-state index in [1.807, 2.05) is 38.1 Å². The Balaban J connectivity index is 2.21. The molecule has 2 atom stereocenters. The van der Waals surface area contributed by atoms with Crippen molar-refractivity contribution >= 4 is 22.8 Å². The quantitative estimate of drug-likeness (QED) is 0.399. The Bertz CT molecular complexity index is 736. The number of hydrogen-bond acceptors (Lipinski definition) is 4. The van der Waals surface area contributed by atoms with Crippen LogP contribution in [0.15, 0.2) is 24.3 Å². The van der Waals surface area contributed by atoms with Gasteiger partial charge in [0.2, 0.25) is 11.8 Å². The van der Waals surface area contributed by atoms with Gasteiger partial charge in [0, 0.05) is 12.3 Å². The lowest BCUT2D eigenvalue weighted by Gasteiger charge is -2.23. The Hall–Kier alpha value is -2.41. The summed E-state index contributed by atoms with van der Waals surface area (Å²) in [5, 5.41) is 11.9. The van der Waals surface area contributed by atoms with Crippen molar-refractivity contribution in [2.24, 2.45) is 17.8 Å². The van der Waals surface area contributed by atoms with Crippen molar-refractivity contribution in [2.45, 2.75) is 53.0 Å². The maximum Gasteiger partial charge on any atom is 0.244 e. The molecule has 0 aliphatic heterocycles. The first kappa shape index (κ1) is 20.9. The summed E-state index contributed by atoms with van der Waals surface area (Å²) in [6, 6.07) is 7.47. The number of imidazole rings is 1. The maximum atomic E-state index is 12.9. The van der Waals surface area contributed by atoms with Crippen molar-refractivity contribution in [3.63, 3.8) is 0 Å². The zero-order chi connectivity index (χ0) is 20.0. The summed E-state index contributed by atoms with van der Waals surface area (Å²) >= 11 is 0. The molecule has 0 aliphatic carbocycles. The van der Waals surface area contributed by atoms with Crippen LogP contribution in [0.4, 0.5) is 0 Å². The highest BCUT2D eigenvalue weighted by Crippen LogP contribution is 2.24. The summed E-state index contributed by atoms with van der Waals surface area (Å²) in [5.41, 5.74) is 3.40. The fourth-order valence-corrected chi connectivity index (χ4v) is 3.26. The molecule has 0 radical (unpaired) electrons. The molecule has 1 heterocycles. The third-order valence-electron chi connectivity index (χ3n) is 4.44. The smallest absolute Gasteiger partial charge is 0.244 e. The molecular weight excluding hydrogens is 344 g/mol. The second kappa shape index (κ2) is 9.50. The molecule has 0 fully saturated rings. The van der Waals surface area contributed by atoms with Crippen LogP contribution in [0.2, 0.25) is 0 Å². The van der Waals surface area contributed by atoms with E-state index in [4.69, 9.17) is 5.21 Å². The highest BCUT2D eigenvalue weighted by molar-refractivity contribution is 5.85. The van der Waals surface area contributed by atoms with Crippen LogP contribution in [0.5, 0.6) is 0 Å². The van der Waals surface area contributed by atoms with E-state index in [2.05, 4.69) is 29.1 Å². The Morgan fingerprint density at radius 2 is 1.78 bits per heavy atom. The second-order valence-electron chi connectivity index (χ2n) is 7.90. The largest absolute Gasteiger partial charge is 0.346 e. The Morgan fingerprint density at radius 3 is 2.37 bits per heavy atom. The van der Waals surface area contributed by atoms with Gasteiger partial charge in [-0.1, -0.05) is 39.8 Å². The number of nitrogens with one attached hydrogen (secondary N) is 3. The van der Waals surface area contributed by atoms with Crippen LogP contribution in [-0.4, -0.2) is 27.0 Å². The van der Waals surface area contributed by atoms with E-state index < -0.39 is 11.8 Å². The molecule has 0 bridgehead atoms. The highest BCUT2D eigenvalue weighted by atomic mass is 16.5. The first-order valence-corrected chi connectivity index (χ1v) is 9.48. The minimum absolute atomic E-state index is 0.0466. The Morgan fingerprint density at radius 1 is 1.11 bits per heavy atom. The third kappa shape index (κ3) is 6.06. The zero-order valence-electron chi connectivity index (χ0n) is 16.5. The van der Waals surface area contributed by atoms with Gasteiger partial charge in [-0.2, -0.15) is 0 Å². The predicted molar refractivity (Wildman–Crippen MR) is 104 cm³/mol. The van der Waals surface area contributed by atoms with Gasteiger partial charge in [0.15, 0.2) is 0 Å². The number of para-hydroxylation sites is 2. The van der Waals surface area contributed by atoms with Gasteiger partial charge in [0.25, 0.3) is 0 Å². The molecule has 2 aromatic rings. The molecule has 148 valence electrons. The Labute approximate surface area is 159 Å². The molecule has 2 amide bonds. The van der Waals surface area contributed by atoms with Crippen LogP contribution in [0, 0.1) is 17.8 Å². The number of benzene rings is 1. The topological polar surface area (TPSA) is 107 Å². The van der Waals surface area contributed by atoms with Crippen LogP contribution in [0.3, 0.4) is 0 Å². The van der Waals surface area contributed by atoms with Gasteiger partial charge in [-0.3, -0.25) is 14.8 Å². The fourth-order valence-electron chi connectivity index (χ4n) is 3.26. The second-order valence-corrected chi connectivity index (χ2v) is 7.90. The molecular formula is C20H30N4O3. The van der Waals surface area contributed by atoms with Crippen molar-refractivity contribution in [3.8, 4) is 0 Å². The van der Waals surface area contributed by atoms with E-state index in [0.717, 1.165) is 17.5 Å². The third-order valence-corrected chi connectivity index (χ3v) is 4.44. The molecule has 0 saturated heterocycles. The molecule has 0 spiro atoms. The number of nitrogens with zero attached hydrogens (tertiary/aromatic N) is 1. The number of rotatable bonds is 9. The van der Waals surface area contributed by atoms with Crippen molar-refractivity contribution in [2.75, 3.05) is 0 Å². The van der Waals surface area contributed by atoms with E-state index in [1.54, 1.807) is 5.48 Å². The number of hydroxylamine groups is 1. The minimum atomic E-state index is -0.556. The lowest BCUT2D eigenvalue weighted by molar-refractivity contribution is -0.135. The van der Waals surface area contributed by atoms with Gasteiger partial charge in [-0.05, 0) is 36.8 Å². The molecule has 4 N–H and O–H groups in total. The van der Waals surface area contributed by atoms with E-state index in [-0.39, 0.29) is 24.3 Å². The fraction of sp³-hybridized carbons (Fsp3) is 0.550. The number of carbonyl (C=O) groups is 2. The molecule has 27 heavy (non-hydrogen) atoms. The summed E-state index contributed by atoms with van der Waals surface area (Å²) < 4.78 is 0. The molecule has 0 unspecified atom stereocenters. The maximum absolute atomic E-state index is 12.9.